The first kappa shape index (κ1) is 18.5. The molecule has 0 unspecified atom stereocenters. The van der Waals surface area contributed by atoms with Crippen molar-refractivity contribution in [2.45, 2.75) is 11.8 Å². The summed E-state index contributed by atoms with van der Waals surface area (Å²) in [7, 11) is 0.423. The number of benzene rings is 1. The highest BCUT2D eigenvalue weighted by atomic mass is 32.2. The molecule has 1 aromatic carbocycles. The van der Waals surface area contributed by atoms with Crippen LogP contribution in [0.1, 0.15) is 17.3 Å². The Kier molecular flexibility index (Phi) is 5.17. The van der Waals surface area contributed by atoms with Gasteiger partial charge in [0.15, 0.2) is 0 Å². The molecule has 1 amide bonds. The number of hydrogen-bond acceptors (Lipinski definition) is 6. The summed E-state index contributed by atoms with van der Waals surface area (Å²) in [6.45, 7) is 1.17. The molecule has 0 saturated heterocycles. The van der Waals surface area contributed by atoms with Crippen molar-refractivity contribution < 1.29 is 27.5 Å². The standard InChI is InChI=1S/C16H18N2O6S/c1-11(19)24-15-6-5-9-18(15)25(21,22)12-7-8-14(23-4)13(10-12)16(20)17(2)3/h5-10H,1-4H3. The molecule has 2 aromatic rings. The molecule has 0 aliphatic carbocycles. The smallest absolute Gasteiger partial charge is 0.309 e. The average Bonchev–Trinajstić information content (AvgIpc) is 3.01. The molecular weight excluding hydrogens is 348 g/mol. The number of methoxy groups -OCH3 is 1. The van der Waals surface area contributed by atoms with Crippen LogP contribution in [0.3, 0.4) is 0 Å². The number of aromatic nitrogens is 1. The minimum atomic E-state index is -4.07. The summed E-state index contributed by atoms with van der Waals surface area (Å²) in [6, 6.07) is 6.74. The molecule has 0 fully saturated rings. The zero-order valence-corrected chi connectivity index (χ0v) is 15.0. The highest BCUT2D eigenvalue weighted by molar-refractivity contribution is 7.90. The van der Waals surface area contributed by atoms with Gasteiger partial charge in [0.1, 0.15) is 5.75 Å². The van der Waals surface area contributed by atoms with Gasteiger partial charge in [0.05, 0.1) is 17.6 Å². The molecule has 0 atom stereocenters. The van der Waals surface area contributed by atoms with E-state index in [0.29, 0.717) is 0 Å². The monoisotopic (exact) mass is 366 g/mol. The predicted octanol–water partition coefficient (Wildman–Crippen LogP) is 1.36. The Labute approximate surface area is 145 Å². The van der Waals surface area contributed by atoms with Crippen LogP contribution in [0, 0.1) is 0 Å². The molecule has 1 heterocycles. The molecule has 0 N–H and O–H groups in total. The van der Waals surface area contributed by atoms with Crippen molar-refractivity contribution in [3.8, 4) is 11.6 Å². The van der Waals surface area contributed by atoms with E-state index in [9.17, 15) is 18.0 Å². The van der Waals surface area contributed by atoms with E-state index in [1.54, 1.807) is 14.1 Å². The molecule has 0 saturated carbocycles. The number of esters is 1. The van der Waals surface area contributed by atoms with E-state index in [1.165, 1.54) is 55.5 Å². The average molecular weight is 366 g/mol. The second-order valence-corrected chi connectivity index (χ2v) is 7.12. The zero-order valence-electron chi connectivity index (χ0n) is 14.2. The summed E-state index contributed by atoms with van der Waals surface area (Å²) in [5.41, 5.74) is 0.106. The number of ether oxygens (including phenoxy) is 2. The highest BCUT2D eigenvalue weighted by Gasteiger charge is 2.24. The van der Waals surface area contributed by atoms with Gasteiger partial charge in [-0.3, -0.25) is 9.59 Å². The fourth-order valence-electron chi connectivity index (χ4n) is 2.14. The predicted molar refractivity (Wildman–Crippen MR) is 89.3 cm³/mol. The second-order valence-electron chi connectivity index (χ2n) is 5.30. The van der Waals surface area contributed by atoms with E-state index in [2.05, 4.69) is 0 Å². The largest absolute Gasteiger partial charge is 0.496 e. The lowest BCUT2D eigenvalue weighted by molar-refractivity contribution is -0.132. The van der Waals surface area contributed by atoms with Crippen molar-refractivity contribution >= 4 is 21.9 Å². The van der Waals surface area contributed by atoms with Gasteiger partial charge >= 0.3 is 5.97 Å². The molecule has 0 spiro atoms. The third-order valence-corrected chi connectivity index (χ3v) is 4.96. The molecule has 0 aliphatic rings. The maximum Gasteiger partial charge on any atom is 0.309 e. The molecular formula is C16H18N2O6S. The van der Waals surface area contributed by atoms with Gasteiger partial charge in [-0.15, -0.1) is 0 Å². The van der Waals surface area contributed by atoms with Crippen LogP contribution < -0.4 is 9.47 Å². The number of hydrogen-bond donors (Lipinski definition) is 0. The van der Waals surface area contributed by atoms with Crippen LogP contribution in [0.4, 0.5) is 0 Å². The van der Waals surface area contributed by atoms with Crippen molar-refractivity contribution in [2.75, 3.05) is 21.2 Å². The first-order valence-corrected chi connectivity index (χ1v) is 8.63. The van der Waals surface area contributed by atoms with Crippen LogP contribution in [0.5, 0.6) is 11.6 Å². The van der Waals surface area contributed by atoms with E-state index in [-0.39, 0.29) is 22.1 Å². The highest BCUT2D eigenvalue weighted by Crippen LogP contribution is 2.27. The fraction of sp³-hybridized carbons (Fsp3) is 0.250. The van der Waals surface area contributed by atoms with Crippen LogP contribution in [0.25, 0.3) is 0 Å². The molecule has 1 aromatic heterocycles. The van der Waals surface area contributed by atoms with Crippen LogP contribution in [-0.2, 0) is 14.8 Å². The number of rotatable bonds is 5. The molecule has 25 heavy (non-hydrogen) atoms. The molecule has 0 radical (unpaired) electrons. The molecule has 8 nitrogen and oxygen atoms in total. The third kappa shape index (κ3) is 3.66. The Balaban J connectivity index is 2.58. The number of nitrogens with zero attached hydrogens (tertiary/aromatic N) is 2. The summed E-state index contributed by atoms with van der Waals surface area (Å²) >= 11 is 0. The summed E-state index contributed by atoms with van der Waals surface area (Å²) in [5, 5.41) is 0. The molecule has 0 aliphatic heterocycles. The third-order valence-electron chi connectivity index (χ3n) is 3.29. The molecule has 0 bridgehead atoms. The van der Waals surface area contributed by atoms with Gasteiger partial charge in [0, 0.05) is 33.3 Å². The number of carbonyl (C=O) groups is 2. The van der Waals surface area contributed by atoms with Gasteiger partial charge in [0.2, 0.25) is 5.88 Å². The van der Waals surface area contributed by atoms with Crippen molar-refractivity contribution in [1.82, 2.24) is 8.87 Å². The lowest BCUT2D eigenvalue weighted by atomic mass is 10.2. The Bertz CT molecular complexity index is 914. The summed E-state index contributed by atoms with van der Waals surface area (Å²) < 4.78 is 36.6. The van der Waals surface area contributed by atoms with E-state index < -0.39 is 21.9 Å². The van der Waals surface area contributed by atoms with E-state index in [4.69, 9.17) is 9.47 Å². The van der Waals surface area contributed by atoms with Crippen molar-refractivity contribution in [3.63, 3.8) is 0 Å². The Morgan fingerprint density at radius 2 is 1.84 bits per heavy atom. The van der Waals surface area contributed by atoms with Gasteiger partial charge in [-0.25, -0.2) is 12.4 Å². The fourth-order valence-corrected chi connectivity index (χ4v) is 3.44. The first-order valence-electron chi connectivity index (χ1n) is 7.19. The van der Waals surface area contributed by atoms with E-state index >= 15 is 0 Å². The normalized spacial score (nSPS) is 11.0. The van der Waals surface area contributed by atoms with E-state index in [1.807, 2.05) is 0 Å². The quantitative estimate of drug-likeness (QED) is 0.742. The maximum atomic E-state index is 12.8. The summed E-state index contributed by atoms with van der Waals surface area (Å²) in [6.07, 6.45) is 1.26. The van der Waals surface area contributed by atoms with Gasteiger partial charge in [-0.05, 0) is 24.3 Å². The number of amides is 1. The second kappa shape index (κ2) is 6.98. The van der Waals surface area contributed by atoms with Gasteiger partial charge in [0.25, 0.3) is 15.9 Å². The lowest BCUT2D eigenvalue weighted by Gasteiger charge is -2.15. The number of carbonyl (C=O) groups excluding carboxylic acids is 2. The van der Waals surface area contributed by atoms with E-state index in [0.717, 1.165) is 3.97 Å². The minimum absolute atomic E-state index is 0.106. The van der Waals surface area contributed by atoms with Crippen LogP contribution in [0.15, 0.2) is 41.4 Å². The van der Waals surface area contributed by atoms with Crippen LogP contribution in [0.2, 0.25) is 0 Å². The van der Waals surface area contributed by atoms with Gasteiger partial charge in [-0.2, -0.15) is 0 Å². The van der Waals surface area contributed by atoms with Crippen LogP contribution >= 0.6 is 0 Å². The lowest BCUT2D eigenvalue weighted by Crippen LogP contribution is -2.23. The molecule has 134 valence electrons. The van der Waals surface area contributed by atoms with Crippen molar-refractivity contribution in [2.24, 2.45) is 0 Å². The van der Waals surface area contributed by atoms with Gasteiger partial charge < -0.3 is 14.4 Å². The summed E-state index contributed by atoms with van der Waals surface area (Å²) in [5.74, 6) is -0.927. The molecule has 9 heteroatoms. The first-order chi connectivity index (χ1) is 11.7. The van der Waals surface area contributed by atoms with Crippen molar-refractivity contribution in [1.29, 1.82) is 0 Å². The summed E-state index contributed by atoms with van der Waals surface area (Å²) in [4.78, 5) is 24.6. The van der Waals surface area contributed by atoms with Crippen molar-refractivity contribution in [3.05, 3.63) is 42.1 Å². The SMILES string of the molecule is COc1ccc(S(=O)(=O)n2cccc2OC(C)=O)cc1C(=O)N(C)C. The minimum Gasteiger partial charge on any atom is -0.496 e. The Hall–Kier alpha value is -2.81. The molecule has 2 rings (SSSR count). The Morgan fingerprint density at radius 1 is 1.16 bits per heavy atom. The van der Waals surface area contributed by atoms with Gasteiger partial charge in [-0.1, -0.05) is 0 Å². The Morgan fingerprint density at radius 3 is 2.40 bits per heavy atom. The maximum absolute atomic E-state index is 12.8. The zero-order chi connectivity index (χ0) is 18.8. The topological polar surface area (TPSA) is 94.9 Å². The van der Waals surface area contributed by atoms with Crippen LogP contribution in [-0.4, -0.2) is 50.4 Å².